The number of amides is 2. The smallest absolute Gasteiger partial charge is 0.229 e. The molecule has 0 radical (unpaired) electrons. The second-order valence-corrected chi connectivity index (χ2v) is 6.75. The highest BCUT2D eigenvalue weighted by Crippen LogP contribution is 2.35. The summed E-state index contributed by atoms with van der Waals surface area (Å²) < 4.78 is 15.7. The molecule has 3 rings (SSSR count). The van der Waals surface area contributed by atoms with E-state index in [1.165, 1.54) is 26.2 Å². The third kappa shape index (κ3) is 4.14. The number of nitrogens with one attached hydrogen (secondary N) is 1. The number of benzene rings is 2. The van der Waals surface area contributed by atoms with E-state index in [1.807, 2.05) is 0 Å². The Morgan fingerprint density at radius 2 is 1.75 bits per heavy atom. The molecule has 1 heterocycles. The van der Waals surface area contributed by atoms with Crippen LogP contribution in [-0.2, 0) is 9.59 Å². The summed E-state index contributed by atoms with van der Waals surface area (Å²) in [6.45, 7) is 0.239. The van der Waals surface area contributed by atoms with Crippen molar-refractivity contribution in [1.82, 2.24) is 0 Å². The van der Waals surface area contributed by atoms with Gasteiger partial charge in [0, 0.05) is 41.9 Å². The van der Waals surface area contributed by atoms with Crippen LogP contribution in [-0.4, -0.2) is 39.7 Å². The van der Waals surface area contributed by atoms with E-state index in [4.69, 9.17) is 25.8 Å². The van der Waals surface area contributed by atoms with Crippen LogP contribution in [0.25, 0.3) is 0 Å². The quantitative estimate of drug-likeness (QED) is 0.798. The minimum Gasteiger partial charge on any atom is -0.497 e. The first kappa shape index (κ1) is 19.8. The van der Waals surface area contributed by atoms with Crippen molar-refractivity contribution in [2.45, 2.75) is 6.42 Å². The Bertz CT molecular complexity index is 880. The van der Waals surface area contributed by atoms with Crippen molar-refractivity contribution < 1.29 is 23.8 Å². The first-order chi connectivity index (χ1) is 13.4. The molecule has 1 aliphatic heterocycles. The van der Waals surface area contributed by atoms with Crippen molar-refractivity contribution in [3.8, 4) is 17.2 Å². The lowest BCUT2D eigenvalue weighted by atomic mass is 10.1. The van der Waals surface area contributed by atoms with Crippen LogP contribution in [0.1, 0.15) is 6.42 Å². The molecule has 0 spiro atoms. The Kier molecular flexibility index (Phi) is 5.94. The van der Waals surface area contributed by atoms with E-state index in [1.54, 1.807) is 36.4 Å². The van der Waals surface area contributed by atoms with Gasteiger partial charge in [0.1, 0.15) is 17.2 Å². The third-order valence-electron chi connectivity index (χ3n) is 4.55. The number of methoxy groups -OCH3 is 3. The number of halogens is 1. The van der Waals surface area contributed by atoms with Gasteiger partial charge in [0.05, 0.1) is 32.9 Å². The number of hydrogen-bond acceptors (Lipinski definition) is 5. The minimum atomic E-state index is -0.506. The standard InChI is InChI=1S/C20H21ClN2O5/c1-26-15-8-14(9-16(10-15)27-2)22-20(25)12-6-19(24)23(11-12)17-7-13(21)4-5-18(17)28-3/h4-5,7-10,12H,6,11H2,1-3H3,(H,22,25)/t12-/m1/s1. The summed E-state index contributed by atoms with van der Waals surface area (Å²) in [5.74, 6) is 0.714. The Morgan fingerprint density at radius 3 is 2.36 bits per heavy atom. The maximum atomic E-state index is 12.7. The highest BCUT2D eigenvalue weighted by Gasteiger charge is 2.36. The molecular weight excluding hydrogens is 384 g/mol. The molecule has 2 aromatic rings. The van der Waals surface area contributed by atoms with Crippen LogP contribution in [0, 0.1) is 5.92 Å². The normalized spacial score (nSPS) is 16.1. The van der Waals surface area contributed by atoms with Crippen molar-refractivity contribution in [1.29, 1.82) is 0 Å². The number of rotatable bonds is 6. The molecule has 2 aromatic carbocycles. The van der Waals surface area contributed by atoms with Crippen molar-refractivity contribution in [3.05, 3.63) is 41.4 Å². The summed E-state index contributed by atoms with van der Waals surface area (Å²) in [7, 11) is 4.59. The molecule has 148 valence electrons. The Morgan fingerprint density at radius 1 is 1.07 bits per heavy atom. The monoisotopic (exact) mass is 404 g/mol. The van der Waals surface area contributed by atoms with E-state index in [0.717, 1.165) is 0 Å². The minimum absolute atomic E-state index is 0.0998. The van der Waals surface area contributed by atoms with Crippen LogP contribution in [0.2, 0.25) is 5.02 Å². The van der Waals surface area contributed by atoms with Crippen molar-refractivity contribution in [2.75, 3.05) is 38.1 Å². The van der Waals surface area contributed by atoms with E-state index < -0.39 is 5.92 Å². The van der Waals surface area contributed by atoms with Crippen molar-refractivity contribution in [3.63, 3.8) is 0 Å². The Hall–Kier alpha value is -2.93. The van der Waals surface area contributed by atoms with Gasteiger partial charge in [0.15, 0.2) is 0 Å². The highest BCUT2D eigenvalue weighted by molar-refractivity contribution is 6.31. The lowest BCUT2D eigenvalue weighted by Crippen LogP contribution is -2.28. The molecule has 2 amide bonds. The highest BCUT2D eigenvalue weighted by atomic mass is 35.5. The molecule has 0 aromatic heterocycles. The summed E-state index contributed by atoms with van der Waals surface area (Å²) in [5.41, 5.74) is 1.09. The summed E-state index contributed by atoms with van der Waals surface area (Å²) in [6.07, 6.45) is 0.0998. The maximum absolute atomic E-state index is 12.7. The van der Waals surface area contributed by atoms with Gasteiger partial charge in [-0.2, -0.15) is 0 Å². The fourth-order valence-electron chi connectivity index (χ4n) is 3.11. The molecule has 1 saturated heterocycles. The molecule has 0 saturated carbocycles. The molecule has 1 atom stereocenters. The zero-order valence-electron chi connectivity index (χ0n) is 15.8. The number of hydrogen-bond donors (Lipinski definition) is 1. The number of anilines is 2. The van der Waals surface area contributed by atoms with Gasteiger partial charge in [-0.25, -0.2) is 0 Å². The molecule has 0 unspecified atom stereocenters. The van der Waals surface area contributed by atoms with E-state index in [0.29, 0.717) is 33.6 Å². The maximum Gasteiger partial charge on any atom is 0.229 e. The van der Waals surface area contributed by atoms with Gasteiger partial charge in [-0.1, -0.05) is 11.6 Å². The Balaban J connectivity index is 1.77. The van der Waals surface area contributed by atoms with Gasteiger partial charge in [-0.05, 0) is 18.2 Å². The molecule has 0 aliphatic carbocycles. The molecule has 28 heavy (non-hydrogen) atoms. The lowest BCUT2D eigenvalue weighted by Gasteiger charge is -2.20. The van der Waals surface area contributed by atoms with Crippen LogP contribution in [0.4, 0.5) is 11.4 Å². The van der Waals surface area contributed by atoms with Crippen LogP contribution < -0.4 is 24.4 Å². The molecule has 7 nitrogen and oxygen atoms in total. The fraction of sp³-hybridized carbons (Fsp3) is 0.300. The van der Waals surface area contributed by atoms with Gasteiger partial charge in [0.25, 0.3) is 0 Å². The van der Waals surface area contributed by atoms with Crippen LogP contribution >= 0.6 is 11.6 Å². The Labute approximate surface area is 168 Å². The SMILES string of the molecule is COc1cc(NC(=O)[C@@H]2CC(=O)N(c3cc(Cl)ccc3OC)C2)cc(OC)c1. The van der Waals surface area contributed by atoms with E-state index in [9.17, 15) is 9.59 Å². The van der Waals surface area contributed by atoms with Crippen molar-refractivity contribution in [2.24, 2.45) is 5.92 Å². The number of ether oxygens (including phenoxy) is 3. The molecule has 8 heteroatoms. The molecule has 0 bridgehead atoms. The van der Waals surface area contributed by atoms with Gasteiger partial charge in [-0.3, -0.25) is 9.59 Å². The van der Waals surface area contributed by atoms with Gasteiger partial charge in [-0.15, -0.1) is 0 Å². The largest absolute Gasteiger partial charge is 0.497 e. The molecule has 1 fully saturated rings. The predicted octanol–water partition coefficient (Wildman–Crippen LogP) is 3.36. The van der Waals surface area contributed by atoms with Crippen LogP contribution in [0.3, 0.4) is 0 Å². The van der Waals surface area contributed by atoms with E-state index in [2.05, 4.69) is 5.32 Å². The van der Waals surface area contributed by atoms with Gasteiger partial charge >= 0.3 is 0 Å². The fourth-order valence-corrected chi connectivity index (χ4v) is 3.28. The zero-order valence-corrected chi connectivity index (χ0v) is 16.6. The molecular formula is C20H21ClN2O5. The molecule has 1 aliphatic rings. The number of carbonyl (C=O) groups is 2. The number of carbonyl (C=O) groups excluding carboxylic acids is 2. The van der Waals surface area contributed by atoms with Crippen LogP contribution in [0.15, 0.2) is 36.4 Å². The predicted molar refractivity (Wildman–Crippen MR) is 107 cm³/mol. The summed E-state index contributed by atoms with van der Waals surface area (Å²) in [5, 5.41) is 3.32. The average molecular weight is 405 g/mol. The van der Waals surface area contributed by atoms with Crippen LogP contribution in [0.5, 0.6) is 17.2 Å². The summed E-state index contributed by atoms with van der Waals surface area (Å²) in [6, 6.07) is 10.1. The third-order valence-corrected chi connectivity index (χ3v) is 4.78. The average Bonchev–Trinajstić information content (AvgIpc) is 3.09. The van der Waals surface area contributed by atoms with Gasteiger partial charge < -0.3 is 24.4 Å². The molecule has 1 N–H and O–H groups in total. The number of nitrogens with zero attached hydrogens (tertiary/aromatic N) is 1. The summed E-state index contributed by atoms with van der Waals surface area (Å²) >= 11 is 6.07. The first-order valence-electron chi connectivity index (χ1n) is 8.63. The van der Waals surface area contributed by atoms with Crippen molar-refractivity contribution >= 4 is 34.8 Å². The summed E-state index contributed by atoms with van der Waals surface area (Å²) in [4.78, 5) is 26.8. The zero-order chi connectivity index (χ0) is 20.3. The second kappa shape index (κ2) is 8.39. The lowest BCUT2D eigenvalue weighted by molar-refractivity contribution is -0.122. The van der Waals surface area contributed by atoms with E-state index in [-0.39, 0.29) is 24.8 Å². The second-order valence-electron chi connectivity index (χ2n) is 6.31. The van der Waals surface area contributed by atoms with E-state index >= 15 is 0 Å². The topological polar surface area (TPSA) is 77.1 Å². The van der Waals surface area contributed by atoms with Gasteiger partial charge in [0.2, 0.25) is 11.8 Å². The first-order valence-corrected chi connectivity index (χ1v) is 9.00.